The van der Waals surface area contributed by atoms with Crippen LogP contribution < -0.4 is 19.5 Å². The van der Waals surface area contributed by atoms with E-state index in [1.165, 1.54) is 6.92 Å². The minimum atomic E-state index is -0.618. The predicted octanol–water partition coefficient (Wildman–Crippen LogP) is 2.56. The van der Waals surface area contributed by atoms with Gasteiger partial charge in [-0.05, 0) is 24.6 Å². The number of rotatable bonds is 3. The van der Waals surface area contributed by atoms with Crippen molar-refractivity contribution < 1.29 is 23.8 Å². The number of Topliss-reactive ketones (excluding diaryl/α,β-unsaturated/α-hetero) is 1. The molecule has 1 amide bonds. The van der Waals surface area contributed by atoms with Gasteiger partial charge in [0.25, 0.3) is 5.91 Å². The van der Waals surface area contributed by atoms with Crippen molar-refractivity contribution in [2.24, 2.45) is 0 Å². The van der Waals surface area contributed by atoms with Gasteiger partial charge in [0.1, 0.15) is 5.75 Å². The number of amides is 1. The molecule has 2 heterocycles. The molecule has 0 aromatic heterocycles. The molecule has 122 valence electrons. The maximum atomic E-state index is 12.5. The number of carbonyl (C=O) groups excluding carboxylic acids is 2. The summed E-state index contributed by atoms with van der Waals surface area (Å²) in [6.07, 6.45) is -0.116. The molecule has 1 N–H and O–H groups in total. The van der Waals surface area contributed by atoms with Crippen LogP contribution in [0.3, 0.4) is 0 Å². The maximum Gasteiger partial charge on any atom is 0.265 e. The molecular formula is C18H15NO5. The van der Waals surface area contributed by atoms with Crippen molar-refractivity contribution in [1.29, 1.82) is 0 Å². The Hall–Kier alpha value is -3.02. The fourth-order valence-electron chi connectivity index (χ4n) is 2.88. The van der Waals surface area contributed by atoms with Crippen molar-refractivity contribution in [3.63, 3.8) is 0 Å². The zero-order valence-corrected chi connectivity index (χ0v) is 13.0. The molecule has 0 radical (unpaired) electrons. The minimum absolute atomic E-state index is 0.102. The van der Waals surface area contributed by atoms with E-state index in [2.05, 4.69) is 5.32 Å². The number of para-hydroxylation sites is 1. The van der Waals surface area contributed by atoms with E-state index < -0.39 is 6.10 Å². The third-order valence-electron chi connectivity index (χ3n) is 4.09. The second-order valence-electron chi connectivity index (χ2n) is 5.71. The number of carbonyl (C=O) groups is 2. The Morgan fingerprint density at radius 3 is 2.58 bits per heavy atom. The number of hydrogen-bond donors (Lipinski definition) is 1. The van der Waals surface area contributed by atoms with Gasteiger partial charge in [0.15, 0.2) is 23.4 Å². The van der Waals surface area contributed by atoms with Gasteiger partial charge in [-0.1, -0.05) is 18.2 Å². The van der Waals surface area contributed by atoms with Crippen LogP contribution in [-0.2, 0) is 11.2 Å². The summed E-state index contributed by atoms with van der Waals surface area (Å²) in [4.78, 5) is 24.4. The van der Waals surface area contributed by atoms with Crippen molar-refractivity contribution in [3.05, 3.63) is 47.5 Å². The summed E-state index contributed by atoms with van der Waals surface area (Å²) in [6.45, 7) is 1.54. The van der Waals surface area contributed by atoms with Crippen LogP contribution in [0.5, 0.6) is 17.2 Å². The van der Waals surface area contributed by atoms with Crippen molar-refractivity contribution in [3.8, 4) is 17.2 Å². The first-order chi connectivity index (χ1) is 11.6. The summed E-state index contributed by atoms with van der Waals surface area (Å²) in [5.41, 5.74) is 1.77. The molecule has 2 aliphatic rings. The average molecular weight is 325 g/mol. The lowest BCUT2D eigenvalue weighted by Gasteiger charge is -2.14. The number of fused-ring (bicyclic) bond motifs is 2. The first-order valence-electron chi connectivity index (χ1n) is 7.62. The third kappa shape index (κ3) is 2.46. The summed E-state index contributed by atoms with van der Waals surface area (Å²) in [7, 11) is 0. The lowest BCUT2D eigenvalue weighted by Crippen LogP contribution is -2.31. The van der Waals surface area contributed by atoms with E-state index in [1.807, 2.05) is 24.3 Å². The van der Waals surface area contributed by atoms with E-state index in [4.69, 9.17) is 14.2 Å². The number of nitrogens with one attached hydrogen (secondary N) is 1. The molecular weight excluding hydrogens is 310 g/mol. The van der Waals surface area contributed by atoms with E-state index in [1.54, 1.807) is 12.1 Å². The quantitative estimate of drug-likeness (QED) is 0.878. The zero-order chi connectivity index (χ0) is 16.7. The Labute approximate surface area is 138 Å². The highest BCUT2D eigenvalue weighted by Crippen LogP contribution is 2.37. The summed E-state index contributed by atoms with van der Waals surface area (Å²) >= 11 is 0. The second-order valence-corrected chi connectivity index (χ2v) is 5.71. The monoisotopic (exact) mass is 325 g/mol. The van der Waals surface area contributed by atoms with E-state index in [0.29, 0.717) is 29.2 Å². The molecule has 0 aliphatic carbocycles. The number of ether oxygens (including phenoxy) is 3. The van der Waals surface area contributed by atoms with E-state index in [-0.39, 0.29) is 18.5 Å². The fourth-order valence-corrected chi connectivity index (χ4v) is 2.88. The lowest BCUT2D eigenvalue weighted by atomic mass is 10.1. The van der Waals surface area contributed by atoms with Crippen molar-refractivity contribution in [2.45, 2.75) is 19.4 Å². The molecule has 2 aromatic rings. The molecule has 0 spiro atoms. The van der Waals surface area contributed by atoms with E-state index in [9.17, 15) is 9.59 Å². The summed E-state index contributed by atoms with van der Waals surface area (Å²) in [5, 5.41) is 2.78. The van der Waals surface area contributed by atoms with E-state index >= 15 is 0 Å². The number of anilines is 1. The van der Waals surface area contributed by atoms with Crippen LogP contribution in [0.15, 0.2) is 36.4 Å². The normalized spacial score (nSPS) is 17.1. The highest BCUT2D eigenvalue weighted by Gasteiger charge is 2.30. The molecule has 0 saturated heterocycles. The van der Waals surface area contributed by atoms with Gasteiger partial charge in [-0.15, -0.1) is 0 Å². The maximum absolute atomic E-state index is 12.5. The Morgan fingerprint density at radius 1 is 1.08 bits per heavy atom. The minimum Gasteiger partial charge on any atom is -0.480 e. The molecule has 2 aliphatic heterocycles. The van der Waals surface area contributed by atoms with E-state index in [0.717, 1.165) is 11.3 Å². The molecule has 0 fully saturated rings. The van der Waals surface area contributed by atoms with Crippen LogP contribution >= 0.6 is 0 Å². The second kappa shape index (κ2) is 5.56. The Balaban J connectivity index is 1.57. The topological polar surface area (TPSA) is 73.9 Å². The predicted molar refractivity (Wildman–Crippen MR) is 85.8 cm³/mol. The summed E-state index contributed by atoms with van der Waals surface area (Å²) in [6, 6.07) is 10.7. The average Bonchev–Trinajstić information content (AvgIpc) is 3.19. The zero-order valence-electron chi connectivity index (χ0n) is 13.0. The SMILES string of the molecule is CC(=O)c1cc2c(cc1NC(=O)C1Cc3ccccc3O1)OCO2. The first-order valence-corrected chi connectivity index (χ1v) is 7.62. The van der Waals surface area contributed by atoms with Crippen LogP contribution in [0, 0.1) is 0 Å². The van der Waals surface area contributed by atoms with Crippen LogP contribution in [0.25, 0.3) is 0 Å². The Morgan fingerprint density at radius 2 is 1.83 bits per heavy atom. The van der Waals surface area contributed by atoms with Gasteiger partial charge in [0.2, 0.25) is 6.79 Å². The fraction of sp³-hybridized carbons (Fsp3) is 0.222. The molecule has 1 unspecified atom stereocenters. The van der Waals surface area contributed by atoms with Crippen molar-refractivity contribution in [2.75, 3.05) is 12.1 Å². The molecule has 4 rings (SSSR count). The molecule has 6 nitrogen and oxygen atoms in total. The number of benzene rings is 2. The van der Waals surface area contributed by atoms with Crippen LogP contribution in [-0.4, -0.2) is 24.6 Å². The first kappa shape index (κ1) is 14.6. The van der Waals surface area contributed by atoms with Gasteiger partial charge in [-0.2, -0.15) is 0 Å². The highest BCUT2D eigenvalue weighted by atomic mass is 16.7. The Kier molecular flexibility index (Phi) is 3.37. The van der Waals surface area contributed by atoms with Gasteiger partial charge in [-0.25, -0.2) is 0 Å². The number of hydrogen-bond acceptors (Lipinski definition) is 5. The van der Waals surface area contributed by atoms with Crippen molar-refractivity contribution in [1.82, 2.24) is 0 Å². The van der Waals surface area contributed by atoms with Crippen LogP contribution in [0.2, 0.25) is 0 Å². The molecule has 24 heavy (non-hydrogen) atoms. The summed E-state index contributed by atoms with van der Waals surface area (Å²) in [5.74, 6) is 1.26. The third-order valence-corrected chi connectivity index (χ3v) is 4.09. The molecule has 0 saturated carbocycles. The van der Waals surface area contributed by atoms with Gasteiger partial charge >= 0.3 is 0 Å². The molecule has 2 aromatic carbocycles. The Bertz CT molecular complexity index is 820. The van der Waals surface area contributed by atoms with Gasteiger partial charge < -0.3 is 19.5 Å². The smallest absolute Gasteiger partial charge is 0.265 e. The molecule has 6 heteroatoms. The van der Waals surface area contributed by atoms with Crippen LogP contribution in [0.4, 0.5) is 5.69 Å². The van der Waals surface area contributed by atoms with Crippen molar-refractivity contribution >= 4 is 17.4 Å². The highest BCUT2D eigenvalue weighted by molar-refractivity contribution is 6.05. The standard InChI is InChI=1S/C18H15NO5/c1-10(20)12-7-15-16(23-9-22-15)8-13(12)19-18(21)17-6-11-4-2-3-5-14(11)24-17/h2-5,7-8,17H,6,9H2,1H3,(H,19,21). The van der Waals surface area contributed by atoms with Crippen LogP contribution in [0.1, 0.15) is 22.8 Å². The molecule has 0 bridgehead atoms. The largest absolute Gasteiger partial charge is 0.480 e. The van der Waals surface area contributed by atoms with Gasteiger partial charge in [-0.3, -0.25) is 9.59 Å². The summed E-state index contributed by atoms with van der Waals surface area (Å²) < 4.78 is 16.3. The number of ketones is 1. The molecule has 1 atom stereocenters. The van der Waals surface area contributed by atoms with Gasteiger partial charge in [0, 0.05) is 18.1 Å². The lowest BCUT2D eigenvalue weighted by molar-refractivity contribution is -0.122. The van der Waals surface area contributed by atoms with Gasteiger partial charge in [0.05, 0.1) is 5.69 Å².